The average molecular weight is 232 g/mol. The van der Waals surface area contributed by atoms with Crippen LogP contribution in [0.4, 0.5) is 0 Å². The lowest BCUT2D eigenvalue weighted by Crippen LogP contribution is -2.27. The third-order valence-electron chi connectivity index (χ3n) is 1.95. The molecule has 4 heteroatoms. The van der Waals surface area contributed by atoms with Gasteiger partial charge < -0.3 is 5.32 Å². The Bertz CT molecular complexity index is 274. The van der Waals surface area contributed by atoms with Gasteiger partial charge in [0, 0.05) is 17.2 Å². The first-order chi connectivity index (χ1) is 6.77. The molecule has 1 aromatic rings. The van der Waals surface area contributed by atoms with Crippen LogP contribution in [0.15, 0.2) is 17.5 Å². The average Bonchev–Trinajstić information content (AvgIpc) is 2.67. The van der Waals surface area contributed by atoms with E-state index in [9.17, 15) is 4.79 Å². The van der Waals surface area contributed by atoms with Gasteiger partial charge in [0.2, 0.25) is 5.91 Å². The molecule has 1 heterocycles. The zero-order valence-electron chi connectivity index (χ0n) is 8.13. The Labute approximate surface area is 93.3 Å². The van der Waals surface area contributed by atoms with Crippen LogP contribution in [0.3, 0.4) is 0 Å². The number of amides is 1. The second kappa shape index (κ2) is 6.04. The van der Waals surface area contributed by atoms with E-state index in [1.165, 1.54) is 4.88 Å². The number of hydrogen-bond acceptors (Lipinski definition) is 2. The van der Waals surface area contributed by atoms with Gasteiger partial charge in [-0.3, -0.25) is 4.79 Å². The van der Waals surface area contributed by atoms with Crippen molar-refractivity contribution in [3.63, 3.8) is 0 Å². The Balaban J connectivity index is 2.51. The molecule has 1 aromatic heterocycles. The van der Waals surface area contributed by atoms with E-state index in [4.69, 9.17) is 11.6 Å². The highest BCUT2D eigenvalue weighted by Crippen LogP contribution is 2.21. The summed E-state index contributed by atoms with van der Waals surface area (Å²) in [6.45, 7) is 2.06. The van der Waals surface area contributed by atoms with Crippen LogP contribution in [0.1, 0.15) is 30.7 Å². The van der Waals surface area contributed by atoms with Gasteiger partial charge in [0.15, 0.2) is 0 Å². The van der Waals surface area contributed by atoms with Crippen molar-refractivity contribution in [2.45, 2.75) is 25.8 Å². The number of nitrogens with one attached hydrogen (secondary N) is 1. The Kier molecular flexibility index (Phi) is 4.98. The topological polar surface area (TPSA) is 29.1 Å². The van der Waals surface area contributed by atoms with Crippen molar-refractivity contribution < 1.29 is 4.79 Å². The first kappa shape index (κ1) is 11.5. The van der Waals surface area contributed by atoms with Crippen molar-refractivity contribution in [3.05, 3.63) is 22.4 Å². The highest BCUT2D eigenvalue weighted by atomic mass is 35.5. The quantitative estimate of drug-likeness (QED) is 0.776. The molecule has 78 valence electrons. The molecule has 1 amide bonds. The fraction of sp³-hybridized carbons (Fsp3) is 0.500. The van der Waals surface area contributed by atoms with Gasteiger partial charge in [0.25, 0.3) is 0 Å². The van der Waals surface area contributed by atoms with Crippen LogP contribution in [0.5, 0.6) is 0 Å². The van der Waals surface area contributed by atoms with Gasteiger partial charge in [-0.25, -0.2) is 0 Å². The zero-order chi connectivity index (χ0) is 10.4. The lowest BCUT2D eigenvalue weighted by atomic mass is 10.2. The summed E-state index contributed by atoms with van der Waals surface area (Å²) in [6, 6.07) is 4.18. The number of hydrogen-bond donors (Lipinski definition) is 1. The highest BCUT2D eigenvalue weighted by Gasteiger charge is 2.12. The first-order valence-corrected chi connectivity index (χ1v) is 6.08. The van der Waals surface area contributed by atoms with Crippen LogP contribution in [0.2, 0.25) is 0 Å². The molecular formula is C10H14ClNOS. The summed E-state index contributed by atoms with van der Waals surface area (Å²) in [5.74, 6) is 0.410. The fourth-order valence-corrected chi connectivity index (χ4v) is 2.25. The molecule has 0 saturated heterocycles. The minimum absolute atomic E-state index is 0.0280. The second-order valence-corrected chi connectivity index (χ2v) is 4.34. The van der Waals surface area contributed by atoms with Gasteiger partial charge in [-0.05, 0) is 17.9 Å². The van der Waals surface area contributed by atoms with E-state index in [2.05, 4.69) is 12.2 Å². The predicted octanol–water partition coefficient (Wildman–Crippen LogP) is 2.94. The normalized spacial score (nSPS) is 12.4. The number of halogens is 1. The van der Waals surface area contributed by atoms with Gasteiger partial charge in [-0.15, -0.1) is 22.9 Å². The summed E-state index contributed by atoms with van der Waals surface area (Å²) in [5, 5.41) is 4.98. The maximum absolute atomic E-state index is 11.3. The summed E-state index contributed by atoms with van der Waals surface area (Å²) in [5.41, 5.74) is 0. The Hall–Kier alpha value is -0.540. The molecule has 0 aliphatic carbocycles. The minimum atomic E-state index is 0.0280. The third kappa shape index (κ3) is 3.31. The molecule has 1 unspecified atom stereocenters. The predicted molar refractivity (Wildman–Crippen MR) is 60.8 cm³/mol. The summed E-state index contributed by atoms with van der Waals surface area (Å²) >= 11 is 7.16. The summed E-state index contributed by atoms with van der Waals surface area (Å²) in [6.07, 6.45) is 1.30. The van der Waals surface area contributed by atoms with E-state index in [0.29, 0.717) is 12.3 Å². The summed E-state index contributed by atoms with van der Waals surface area (Å²) in [7, 11) is 0. The van der Waals surface area contributed by atoms with Gasteiger partial charge in [0.1, 0.15) is 0 Å². The molecule has 0 fully saturated rings. The molecular weight excluding hydrogens is 218 g/mol. The van der Waals surface area contributed by atoms with E-state index in [-0.39, 0.29) is 11.9 Å². The summed E-state index contributed by atoms with van der Waals surface area (Å²) in [4.78, 5) is 12.5. The number of carbonyl (C=O) groups is 1. The molecule has 2 nitrogen and oxygen atoms in total. The van der Waals surface area contributed by atoms with Crippen LogP contribution in [-0.2, 0) is 4.79 Å². The Morgan fingerprint density at radius 2 is 2.50 bits per heavy atom. The van der Waals surface area contributed by atoms with E-state index in [0.717, 1.165) is 6.42 Å². The first-order valence-electron chi connectivity index (χ1n) is 4.66. The van der Waals surface area contributed by atoms with Crippen molar-refractivity contribution in [3.8, 4) is 0 Å². The standard InChI is InChI=1S/C10H14ClNOS/c1-2-8(9-4-3-7-14-9)12-10(13)5-6-11/h3-4,7-8H,2,5-6H2,1H3,(H,12,13). The number of rotatable bonds is 5. The Morgan fingerprint density at radius 1 is 1.71 bits per heavy atom. The molecule has 0 radical (unpaired) electrons. The summed E-state index contributed by atoms with van der Waals surface area (Å²) < 4.78 is 0. The highest BCUT2D eigenvalue weighted by molar-refractivity contribution is 7.10. The number of alkyl halides is 1. The van der Waals surface area contributed by atoms with Crippen LogP contribution in [0, 0.1) is 0 Å². The van der Waals surface area contributed by atoms with Gasteiger partial charge >= 0.3 is 0 Å². The monoisotopic (exact) mass is 231 g/mol. The minimum Gasteiger partial charge on any atom is -0.348 e. The van der Waals surface area contributed by atoms with Crippen LogP contribution in [-0.4, -0.2) is 11.8 Å². The van der Waals surface area contributed by atoms with Crippen molar-refractivity contribution in [2.24, 2.45) is 0 Å². The number of carbonyl (C=O) groups excluding carboxylic acids is 1. The molecule has 0 bridgehead atoms. The molecule has 1 rings (SSSR count). The van der Waals surface area contributed by atoms with E-state index in [1.54, 1.807) is 11.3 Å². The second-order valence-electron chi connectivity index (χ2n) is 2.98. The third-order valence-corrected chi connectivity index (χ3v) is 3.13. The van der Waals surface area contributed by atoms with Crippen molar-refractivity contribution in [2.75, 3.05) is 5.88 Å². The van der Waals surface area contributed by atoms with Crippen molar-refractivity contribution in [1.82, 2.24) is 5.32 Å². The Morgan fingerprint density at radius 3 is 3.00 bits per heavy atom. The molecule has 0 aliphatic heterocycles. The van der Waals surface area contributed by atoms with Crippen molar-refractivity contribution in [1.29, 1.82) is 0 Å². The molecule has 0 aliphatic rings. The zero-order valence-corrected chi connectivity index (χ0v) is 9.70. The molecule has 0 aromatic carbocycles. The molecule has 1 atom stereocenters. The van der Waals surface area contributed by atoms with Gasteiger partial charge in [-0.2, -0.15) is 0 Å². The van der Waals surface area contributed by atoms with Gasteiger partial charge in [0.05, 0.1) is 6.04 Å². The lowest BCUT2D eigenvalue weighted by molar-refractivity contribution is -0.121. The van der Waals surface area contributed by atoms with E-state index in [1.807, 2.05) is 17.5 Å². The van der Waals surface area contributed by atoms with Crippen molar-refractivity contribution >= 4 is 28.8 Å². The SMILES string of the molecule is CCC(NC(=O)CCCl)c1cccs1. The van der Waals surface area contributed by atoms with Gasteiger partial charge in [-0.1, -0.05) is 13.0 Å². The molecule has 1 N–H and O–H groups in total. The van der Waals surface area contributed by atoms with E-state index >= 15 is 0 Å². The maximum Gasteiger partial charge on any atom is 0.221 e. The molecule has 0 spiro atoms. The van der Waals surface area contributed by atoms with Crippen LogP contribution in [0.25, 0.3) is 0 Å². The molecule has 14 heavy (non-hydrogen) atoms. The maximum atomic E-state index is 11.3. The number of thiophene rings is 1. The molecule has 0 saturated carbocycles. The largest absolute Gasteiger partial charge is 0.348 e. The van der Waals surface area contributed by atoms with Crippen LogP contribution >= 0.6 is 22.9 Å². The lowest BCUT2D eigenvalue weighted by Gasteiger charge is -2.14. The smallest absolute Gasteiger partial charge is 0.221 e. The fourth-order valence-electron chi connectivity index (χ4n) is 1.22. The van der Waals surface area contributed by atoms with E-state index < -0.39 is 0 Å². The van der Waals surface area contributed by atoms with Crippen LogP contribution < -0.4 is 5.32 Å².